The van der Waals surface area contributed by atoms with Crippen molar-refractivity contribution in [3.8, 4) is 0 Å². The highest BCUT2D eigenvalue weighted by Gasteiger charge is 2.63. The van der Waals surface area contributed by atoms with E-state index in [-0.39, 0.29) is 45.9 Å². The van der Waals surface area contributed by atoms with E-state index < -0.39 is 19.8 Å². The zero-order valence-electron chi connectivity index (χ0n) is 19.9. The molecule has 4 aliphatic rings. The van der Waals surface area contributed by atoms with Gasteiger partial charge in [-0.3, -0.25) is 9.59 Å². The molecule has 4 nitrogen and oxygen atoms in total. The third-order valence-corrected chi connectivity index (χ3v) is 14.4. The number of carbonyl (C=O) groups excluding carboxylic acids is 2. The van der Waals surface area contributed by atoms with E-state index >= 15 is 0 Å². The molecular formula is C25H40O4Si. The highest BCUT2D eigenvalue weighted by atomic mass is 28.4. The Morgan fingerprint density at radius 2 is 1.70 bits per heavy atom. The van der Waals surface area contributed by atoms with Crippen LogP contribution in [0.2, 0.25) is 18.1 Å². The maximum atomic E-state index is 13.4. The first kappa shape index (κ1) is 22.4. The van der Waals surface area contributed by atoms with Crippen LogP contribution in [-0.2, 0) is 14.0 Å². The largest absolute Gasteiger partial charge is 0.414 e. The lowest BCUT2D eigenvalue weighted by molar-refractivity contribution is -0.141. The molecule has 0 heterocycles. The summed E-state index contributed by atoms with van der Waals surface area (Å²) >= 11 is 0. The summed E-state index contributed by atoms with van der Waals surface area (Å²) in [6, 6.07) is 0. The van der Waals surface area contributed by atoms with E-state index in [1.165, 1.54) is 5.57 Å². The molecule has 2 unspecified atom stereocenters. The minimum Gasteiger partial charge on any atom is -0.414 e. The summed E-state index contributed by atoms with van der Waals surface area (Å²) < 4.78 is 6.73. The van der Waals surface area contributed by atoms with Crippen molar-refractivity contribution in [2.24, 2.45) is 28.6 Å². The predicted octanol–water partition coefficient (Wildman–Crippen LogP) is 5.06. The van der Waals surface area contributed by atoms with Gasteiger partial charge in [0.25, 0.3) is 0 Å². The van der Waals surface area contributed by atoms with Gasteiger partial charge in [0, 0.05) is 17.4 Å². The van der Waals surface area contributed by atoms with Crippen LogP contribution in [0.15, 0.2) is 11.6 Å². The SMILES string of the molecule is CC(C)(C)[Si](C)(C)OC1CC[C@@]2(C)C(=CC(=O)[C@@H]3[C@H]2CC[C@]2(C)C(=O)C(O)C[C@@H]32)C1. The number of hydrogen-bond acceptors (Lipinski definition) is 4. The van der Waals surface area contributed by atoms with Crippen LogP contribution in [0.25, 0.3) is 0 Å². The number of rotatable bonds is 2. The molecule has 4 aliphatic carbocycles. The van der Waals surface area contributed by atoms with Gasteiger partial charge in [-0.05, 0) is 80.0 Å². The van der Waals surface area contributed by atoms with Gasteiger partial charge in [-0.2, -0.15) is 0 Å². The molecule has 0 aromatic rings. The molecule has 168 valence electrons. The number of fused-ring (bicyclic) bond motifs is 5. The number of carbonyl (C=O) groups is 2. The molecule has 0 aromatic heterocycles. The Morgan fingerprint density at radius 1 is 1.07 bits per heavy atom. The first-order valence-corrected chi connectivity index (χ1v) is 14.8. The molecule has 4 rings (SSSR count). The highest BCUT2D eigenvalue weighted by Crippen LogP contribution is 2.63. The minimum atomic E-state index is -1.85. The lowest BCUT2D eigenvalue weighted by Gasteiger charge is -2.56. The van der Waals surface area contributed by atoms with Crippen molar-refractivity contribution in [2.45, 2.75) is 103 Å². The van der Waals surface area contributed by atoms with Crippen molar-refractivity contribution in [1.29, 1.82) is 0 Å². The zero-order chi connectivity index (χ0) is 22.3. The molecule has 7 atom stereocenters. The summed E-state index contributed by atoms with van der Waals surface area (Å²) in [5.74, 6) is 0.317. The van der Waals surface area contributed by atoms with Gasteiger partial charge in [0.1, 0.15) is 6.10 Å². The molecule has 0 radical (unpaired) electrons. The van der Waals surface area contributed by atoms with Gasteiger partial charge >= 0.3 is 0 Å². The fourth-order valence-corrected chi connectivity index (χ4v) is 8.25. The van der Waals surface area contributed by atoms with Crippen molar-refractivity contribution in [3.05, 3.63) is 11.6 Å². The number of allylic oxidation sites excluding steroid dienone is 1. The van der Waals surface area contributed by atoms with Crippen molar-refractivity contribution in [1.82, 2.24) is 0 Å². The van der Waals surface area contributed by atoms with Gasteiger partial charge in [0.2, 0.25) is 0 Å². The highest BCUT2D eigenvalue weighted by molar-refractivity contribution is 6.74. The van der Waals surface area contributed by atoms with Crippen LogP contribution < -0.4 is 0 Å². The zero-order valence-corrected chi connectivity index (χ0v) is 20.9. The maximum Gasteiger partial charge on any atom is 0.192 e. The van der Waals surface area contributed by atoms with Gasteiger partial charge in [0.05, 0.1) is 0 Å². The molecule has 0 bridgehead atoms. The fraction of sp³-hybridized carbons (Fsp3) is 0.840. The molecule has 0 spiro atoms. The summed E-state index contributed by atoms with van der Waals surface area (Å²) in [4.78, 5) is 26.0. The molecule has 0 aromatic carbocycles. The van der Waals surface area contributed by atoms with E-state index in [2.05, 4.69) is 40.8 Å². The lowest BCUT2D eigenvalue weighted by Crippen LogP contribution is -2.54. The smallest absolute Gasteiger partial charge is 0.192 e. The first-order chi connectivity index (χ1) is 13.7. The molecule has 0 saturated heterocycles. The van der Waals surface area contributed by atoms with Gasteiger partial charge in [-0.15, -0.1) is 0 Å². The molecule has 5 heteroatoms. The maximum absolute atomic E-state index is 13.4. The topological polar surface area (TPSA) is 63.6 Å². The third-order valence-electron chi connectivity index (χ3n) is 9.90. The van der Waals surface area contributed by atoms with Crippen LogP contribution in [0.4, 0.5) is 0 Å². The van der Waals surface area contributed by atoms with Crippen LogP contribution in [-0.4, -0.2) is 37.2 Å². The van der Waals surface area contributed by atoms with E-state index in [4.69, 9.17) is 4.43 Å². The number of Topliss-reactive ketones (excluding diaryl/α,β-unsaturated/α-hetero) is 1. The Bertz CT molecular complexity index is 793. The summed E-state index contributed by atoms with van der Waals surface area (Å²) in [5, 5.41) is 10.5. The normalized spacial score (nSPS) is 44.3. The van der Waals surface area contributed by atoms with Gasteiger partial charge < -0.3 is 9.53 Å². The van der Waals surface area contributed by atoms with Crippen LogP contribution in [0.5, 0.6) is 0 Å². The number of ketones is 2. The quantitative estimate of drug-likeness (QED) is 0.620. The van der Waals surface area contributed by atoms with E-state index in [0.29, 0.717) is 6.42 Å². The molecule has 0 aliphatic heterocycles. The molecule has 3 fully saturated rings. The molecule has 1 N–H and O–H groups in total. The summed E-state index contributed by atoms with van der Waals surface area (Å²) in [5.41, 5.74) is 0.766. The average Bonchev–Trinajstić information content (AvgIpc) is 2.85. The van der Waals surface area contributed by atoms with Crippen molar-refractivity contribution in [2.75, 3.05) is 0 Å². The van der Waals surface area contributed by atoms with Crippen LogP contribution in [0.3, 0.4) is 0 Å². The number of aliphatic hydroxyl groups is 1. The second-order valence-electron chi connectivity index (χ2n) is 12.5. The Kier molecular flexibility index (Phi) is 5.12. The molecule has 0 amide bonds. The Morgan fingerprint density at radius 3 is 2.33 bits per heavy atom. The summed E-state index contributed by atoms with van der Waals surface area (Å²) in [7, 11) is -1.85. The molecule has 3 saturated carbocycles. The van der Waals surface area contributed by atoms with Crippen LogP contribution >= 0.6 is 0 Å². The second-order valence-corrected chi connectivity index (χ2v) is 17.3. The summed E-state index contributed by atoms with van der Waals surface area (Å²) in [6.07, 6.45) is 6.35. The van der Waals surface area contributed by atoms with E-state index in [1.54, 1.807) is 0 Å². The van der Waals surface area contributed by atoms with Gasteiger partial charge in [-0.25, -0.2) is 0 Å². The monoisotopic (exact) mass is 432 g/mol. The predicted molar refractivity (Wildman–Crippen MR) is 121 cm³/mol. The first-order valence-electron chi connectivity index (χ1n) is 11.9. The molecular weight excluding hydrogens is 392 g/mol. The van der Waals surface area contributed by atoms with Crippen molar-refractivity contribution >= 4 is 19.9 Å². The number of hydrogen-bond donors (Lipinski definition) is 1. The van der Waals surface area contributed by atoms with Crippen LogP contribution in [0, 0.1) is 28.6 Å². The third kappa shape index (κ3) is 3.14. The second kappa shape index (κ2) is 6.86. The fourth-order valence-electron chi connectivity index (χ4n) is 6.86. The van der Waals surface area contributed by atoms with Gasteiger partial charge in [-0.1, -0.05) is 40.2 Å². The van der Waals surface area contributed by atoms with E-state index in [1.807, 2.05) is 13.0 Å². The number of aliphatic hydroxyl groups excluding tert-OH is 1. The van der Waals surface area contributed by atoms with Crippen molar-refractivity contribution in [3.63, 3.8) is 0 Å². The van der Waals surface area contributed by atoms with Crippen molar-refractivity contribution < 1.29 is 19.1 Å². The summed E-state index contributed by atoms with van der Waals surface area (Å²) in [6.45, 7) is 15.8. The average molecular weight is 433 g/mol. The van der Waals surface area contributed by atoms with E-state index in [0.717, 1.165) is 32.1 Å². The Hall–Kier alpha value is -0.783. The Labute approximate surface area is 183 Å². The Balaban J connectivity index is 1.60. The van der Waals surface area contributed by atoms with Crippen LogP contribution in [0.1, 0.15) is 73.1 Å². The lowest BCUT2D eigenvalue weighted by atomic mass is 9.48. The standard InChI is InChI=1S/C25H40O4Si/c1-23(2,3)30(6,7)29-16-8-10-24(4)15(12-16)13-19(26)21-17(24)9-11-25(5)18(21)14-20(27)22(25)28/h13,16-18,20-21,27H,8-12,14H2,1-7H3/t16?,17-,18+,20?,21-,24+,25+/m1/s1. The van der Waals surface area contributed by atoms with E-state index in [9.17, 15) is 14.7 Å². The molecule has 30 heavy (non-hydrogen) atoms. The minimum absolute atomic E-state index is 0.0120. The van der Waals surface area contributed by atoms with Gasteiger partial charge in [0.15, 0.2) is 19.9 Å².